The summed E-state index contributed by atoms with van der Waals surface area (Å²) < 4.78 is 0. The van der Waals surface area contributed by atoms with E-state index in [1.807, 2.05) is 71.3 Å². The summed E-state index contributed by atoms with van der Waals surface area (Å²) in [5, 5.41) is 2.91. The van der Waals surface area contributed by atoms with Crippen molar-refractivity contribution in [1.29, 1.82) is 0 Å². The molecule has 2 aliphatic rings. The number of nitrogens with one attached hydrogen (secondary N) is 1. The van der Waals surface area contributed by atoms with E-state index in [4.69, 9.17) is 0 Å². The van der Waals surface area contributed by atoms with Crippen molar-refractivity contribution < 1.29 is 14.4 Å². The molecule has 2 aliphatic heterocycles. The molecule has 32 heavy (non-hydrogen) atoms. The van der Waals surface area contributed by atoms with Gasteiger partial charge in [-0.1, -0.05) is 35.9 Å². The number of nitrogens with zero attached hydrogens (tertiary/aromatic N) is 3. The molecule has 7 heteroatoms. The van der Waals surface area contributed by atoms with Gasteiger partial charge in [0.1, 0.15) is 0 Å². The van der Waals surface area contributed by atoms with E-state index in [0.29, 0.717) is 44.8 Å². The summed E-state index contributed by atoms with van der Waals surface area (Å²) in [6.07, 6.45) is 1.60. The van der Waals surface area contributed by atoms with Crippen molar-refractivity contribution in [3.63, 3.8) is 0 Å². The number of urea groups is 1. The second-order valence-corrected chi connectivity index (χ2v) is 8.56. The molecular formula is C25H30N4O3. The van der Waals surface area contributed by atoms with E-state index in [-0.39, 0.29) is 23.8 Å². The normalized spacial score (nSPS) is 18.9. The molecule has 1 atom stereocenters. The van der Waals surface area contributed by atoms with Gasteiger partial charge in [-0.15, -0.1) is 0 Å². The summed E-state index contributed by atoms with van der Waals surface area (Å²) in [4.78, 5) is 43.9. The van der Waals surface area contributed by atoms with Gasteiger partial charge in [-0.05, 0) is 44.0 Å². The largest absolute Gasteiger partial charge is 0.339 e. The van der Waals surface area contributed by atoms with Crippen LogP contribution in [-0.4, -0.2) is 71.8 Å². The van der Waals surface area contributed by atoms with Crippen molar-refractivity contribution in [2.45, 2.75) is 19.8 Å². The lowest BCUT2D eigenvalue weighted by Gasteiger charge is -2.39. The van der Waals surface area contributed by atoms with Crippen LogP contribution in [0.2, 0.25) is 0 Å². The van der Waals surface area contributed by atoms with E-state index in [1.165, 1.54) is 0 Å². The number of carbonyl (C=O) groups is 3. The quantitative estimate of drug-likeness (QED) is 0.806. The summed E-state index contributed by atoms with van der Waals surface area (Å²) >= 11 is 0. The lowest BCUT2D eigenvalue weighted by Crippen LogP contribution is -2.54. The third-order valence-corrected chi connectivity index (χ3v) is 6.26. The van der Waals surface area contributed by atoms with E-state index < -0.39 is 0 Å². The number of anilines is 1. The summed E-state index contributed by atoms with van der Waals surface area (Å²) in [5.41, 5.74) is 2.55. The van der Waals surface area contributed by atoms with Crippen LogP contribution in [0.5, 0.6) is 0 Å². The molecule has 1 unspecified atom stereocenters. The molecule has 0 bridgehead atoms. The molecule has 2 aromatic carbocycles. The molecule has 2 heterocycles. The second-order valence-electron chi connectivity index (χ2n) is 8.56. The molecule has 2 fully saturated rings. The predicted molar refractivity (Wildman–Crippen MR) is 123 cm³/mol. The van der Waals surface area contributed by atoms with Crippen LogP contribution >= 0.6 is 0 Å². The Morgan fingerprint density at radius 1 is 0.812 bits per heavy atom. The zero-order valence-corrected chi connectivity index (χ0v) is 18.5. The van der Waals surface area contributed by atoms with Crippen molar-refractivity contribution in [3.8, 4) is 0 Å². The van der Waals surface area contributed by atoms with E-state index in [0.717, 1.165) is 24.1 Å². The highest BCUT2D eigenvalue weighted by molar-refractivity contribution is 5.94. The fraction of sp³-hybridized carbons (Fsp3) is 0.400. The second kappa shape index (κ2) is 9.85. The zero-order valence-electron chi connectivity index (χ0n) is 18.5. The minimum Gasteiger partial charge on any atom is -0.339 e. The minimum absolute atomic E-state index is 0.0125. The summed E-state index contributed by atoms with van der Waals surface area (Å²) in [6.45, 7) is 5.21. The lowest BCUT2D eigenvalue weighted by molar-refractivity contribution is -0.138. The number of aryl methyl sites for hydroxylation is 1. The molecule has 4 rings (SSSR count). The van der Waals surface area contributed by atoms with E-state index in [9.17, 15) is 14.4 Å². The fourth-order valence-electron chi connectivity index (χ4n) is 4.35. The molecule has 168 valence electrons. The van der Waals surface area contributed by atoms with Crippen LogP contribution in [0.25, 0.3) is 0 Å². The van der Waals surface area contributed by atoms with Crippen LogP contribution in [-0.2, 0) is 4.79 Å². The Morgan fingerprint density at radius 3 is 2.16 bits per heavy atom. The van der Waals surface area contributed by atoms with Crippen LogP contribution in [0, 0.1) is 12.8 Å². The number of carbonyl (C=O) groups excluding carboxylic acids is 3. The highest BCUT2D eigenvalue weighted by Crippen LogP contribution is 2.21. The monoisotopic (exact) mass is 434 g/mol. The van der Waals surface area contributed by atoms with Gasteiger partial charge in [-0.25, -0.2) is 4.79 Å². The highest BCUT2D eigenvalue weighted by Gasteiger charge is 2.33. The number of piperazine rings is 1. The van der Waals surface area contributed by atoms with Gasteiger partial charge >= 0.3 is 6.03 Å². The van der Waals surface area contributed by atoms with Crippen molar-refractivity contribution >= 4 is 23.5 Å². The van der Waals surface area contributed by atoms with Crippen LogP contribution in [0.4, 0.5) is 10.5 Å². The minimum atomic E-state index is -0.190. The molecule has 0 radical (unpaired) electrons. The number of para-hydroxylation sites is 1. The zero-order chi connectivity index (χ0) is 22.5. The maximum atomic E-state index is 13.1. The number of amides is 4. The maximum absolute atomic E-state index is 13.1. The number of rotatable bonds is 3. The smallest absolute Gasteiger partial charge is 0.321 e. The highest BCUT2D eigenvalue weighted by atomic mass is 16.2. The molecule has 0 spiro atoms. The predicted octanol–water partition coefficient (Wildman–Crippen LogP) is 3.22. The molecule has 2 saturated heterocycles. The van der Waals surface area contributed by atoms with Crippen molar-refractivity contribution in [2.24, 2.45) is 5.92 Å². The Hall–Kier alpha value is -3.35. The van der Waals surface area contributed by atoms with Gasteiger partial charge in [0, 0.05) is 50.5 Å². The molecule has 4 amide bonds. The molecular weight excluding hydrogens is 404 g/mol. The number of hydrogen-bond donors (Lipinski definition) is 1. The summed E-state index contributed by atoms with van der Waals surface area (Å²) in [7, 11) is 0. The van der Waals surface area contributed by atoms with Gasteiger partial charge in [-0.2, -0.15) is 0 Å². The molecule has 7 nitrogen and oxygen atoms in total. The fourth-order valence-corrected chi connectivity index (χ4v) is 4.35. The lowest BCUT2D eigenvalue weighted by atomic mass is 9.96. The number of likely N-dealkylation sites (tertiary alicyclic amines) is 1. The SMILES string of the molecule is Cc1ccc(C(=O)N2CCN(C(=O)C3CCCN(C(=O)Nc4ccccc4)C3)CC2)cc1. The Morgan fingerprint density at radius 2 is 1.47 bits per heavy atom. The summed E-state index contributed by atoms with van der Waals surface area (Å²) in [6, 6.07) is 16.8. The Bertz CT molecular complexity index is 953. The van der Waals surface area contributed by atoms with Gasteiger partial charge in [-0.3, -0.25) is 9.59 Å². The Labute approximate surface area is 189 Å². The van der Waals surface area contributed by atoms with Crippen molar-refractivity contribution in [1.82, 2.24) is 14.7 Å². The van der Waals surface area contributed by atoms with E-state index in [1.54, 1.807) is 4.90 Å². The van der Waals surface area contributed by atoms with Crippen molar-refractivity contribution in [2.75, 3.05) is 44.6 Å². The summed E-state index contributed by atoms with van der Waals surface area (Å²) in [5.74, 6) is -0.0900. The first-order valence-corrected chi connectivity index (χ1v) is 11.3. The third kappa shape index (κ3) is 5.10. The van der Waals surface area contributed by atoms with Gasteiger partial charge in [0.05, 0.1) is 5.92 Å². The average Bonchev–Trinajstić information content (AvgIpc) is 2.84. The molecule has 2 aromatic rings. The Kier molecular flexibility index (Phi) is 6.73. The van der Waals surface area contributed by atoms with Gasteiger partial charge < -0.3 is 20.0 Å². The van der Waals surface area contributed by atoms with Crippen LogP contribution in [0.15, 0.2) is 54.6 Å². The van der Waals surface area contributed by atoms with E-state index >= 15 is 0 Å². The standard InChI is InChI=1S/C25H30N4O3/c1-19-9-11-20(12-10-19)23(30)27-14-16-28(17-15-27)24(31)21-6-5-13-29(18-21)25(32)26-22-7-3-2-4-8-22/h2-4,7-12,21H,5-6,13-18H2,1H3,(H,26,32). The first kappa shape index (κ1) is 21.9. The third-order valence-electron chi connectivity index (χ3n) is 6.26. The maximum Gasteiger partial charge on any atom is 0.321 e. The first-order chi connectivity index (χ1) is 15.5. The number of benzene rings is 2. The Balaban J connectivity index is 1.29. The number of hydrogen-bond acceptors (Lipinski definition) is 3. The molecule has 1 N–H and O–H groups in total. The van der Waals surface area contributed by atoms with E-state index in [2.05, 4.69) is 5.32 Å². The van der Waals surface area contributed by atoms with Crippen LogP contribution < -0.4 is 5.32 Å². The topological polar surface area (TPSA) is 73.0 Å². The number of piperidine rings is 1. The van der Waals surface area contributed by atoms with Gasteiger partial charge in [0.15, 0.2) is 0 Å². The molecule has 0 aliphatic carbocycles. The average molecular weight is 435 g/mol. The van der Waals surface area contributed by atoms with Gasteiger partial charge in [0.25, 0.3) is 5.91 Å². The molecule has 0 saturated carbocycles. The van der Waals surface area contributed by atoms with Crippen molar-refractivity contribution in [3.05, 3.63) is 65.7 Å². The van der Waals surface area contributed by atoms with Gasteiger partial charge in [0.2, 0.25) is 5.91 Å². The van der Waals surface area contributed by atoms with Crippen LogP contribution in [0.3, 0.4) is 0 Å². The van der Waals surface area contributed by atoms with Crippen LogP contribution in [0.1, 0.15) is 28.8 Å². The molecule has 0 aromatic heterocycles. The first-order valence-electron chi connectivity index (χ1n) is 11.3.